The molecule has 1 amide bonds. The van der Waals surface area contributed by atoms with Gasteiger partial charge < -0.3 is 15.2 Å². The molecule has 19 heavy (non-hydrogen) atoms. The zero-order chi connectivity index (χ0) is 14.5. The molecule has 0 saturated carbocycles. The van der Waals surface area contributed by atoms with E-state index in [0.29, 0.717) is 11.6 Å². The molecule has 0 aliphatic rings. The minimum absolute atomic E-state index is 0.0581. The third kappa shape index (κ3) is 5.94. The van der Waals surface area contributed by atoms with E-state index in [1.807, 2.05) is 12.1 Å². The Hall–Kier alpha value is -1.26. The van der Waals surface area contributed by atoms with E-state index in [1.165, 1.54) is 0 Å². The number of carbonyl (C=O) groups is 1. The number of nitrogens with one attached hydrogen (secondary N) is 1. The quantitative estimate of drug-likeness (QED) is 0.894. The number of halogens is 1. The fourth-order valence-corrected chi connectivity index (χ4v) is 1.67. The van der Waals surface area contributed by atoms with Crippen molar-refractivity contribution in [3.05, 3.63) is 34.9 Å². The molecule has 0 fully saturated rings. The topological polar surface area (TPSA) is 58.6 Å². The van der Waals surface area contributed by atoms with Gasteiger partial charge in [0.1, 0.15) is 5.60 Å². The van der Waals surface area contributed by atoms with Gasteiger partial charge in [-0.25, -0.2) is 4.79 Å². The van der Waals surface area contributed by atoms with Gasteiger partial charge in [0.2, 0.25) is 0 Å². The van der Waals surface area contributed by atoms with Crippen LogP contribution in [0.15, 0.2) is 24.3 Å². The van der Waals surface area contributed by atoms with Crippen LogP contribution in [0.4, 0.5) is 4.79 Å². The number of alkyl carbamates (subject to hydrolysis) is 1. The Morgan fingerprint density at radius 2 is 1.95 bits per heavy atom. The fraction of sp³-hybridized carbons (Fsp3) is 0.500. The van der Waals surface area contributed by atoms with Gasteiger partial charge in [-0.15, -0.1) is 0 Å². The molecule has 1 rings (SSSR count). The number of hydrogen-bond donors (Lipinski definition) is 2. The summed E-state index contributed by atoms with van der Waals surface area (Å²) < 4.78 is 5.13. The van der Waals surface area contributed by atoms with Crippen LogP contribution in [0.2, 0.25) is 5.02 Å². The predicted molar refractivity (Wildman–Crippen MR) is 75.5 cm³/mol. The number of benzene rings is 1. The summed E-state index contributed by atoms with van der Waals surface area (Å²) in [5, 5.41) is 12.7. The van der Waals surface area contributed by atoms with Crippen molar-refractivity contribution in [1.82, 2.24) is 5.32 Å². The molecule has 0 spiro atoms. The molecule has 1 aromatic rings. The summed E-state index contributed by atoms with van der Waals surface area (Å²) in [7, 11) is 0. The summed E-state index contributed by atoms with van der Waals surface area (Å²) in [5.74, 6) is -0.176. The van der Waals surface area contributed by atoms with Crippen LogP contribution in [-0.4, -0.2) is 30.0 Å². The second kappa shape index (κ2) is 6.78. The van der Waals surface area contributed by atoms with Crippen molar-refractivity contribution in [3.63, 3.8) is 0 Å². The standard InChI is InChI=1S/C14H20ClNO3/c1-14(2,3)19-13(18)16-8-11(9-17)10-4-6-12(15)7-5-10/h4-7,11,17H,8-9H2,1-3H3,(H,16,18). The van der Waals surface area contributed by atoms with Gasteiger partial charge in [0, 0.05) is 17.5 Å². The van der Waals surface area contributed by atoms with E-state index >= 15 is 0 Å². The van der Waals surface area contributed by atoms with Crippen molar-refractivity contribution < 1.29 is 14.6 Å². The van der Waals surface area contributed by atoms with E-state index in [0.717, 1.165) is 5.56 Å². The van der Waals surface area contributed by atoms with E-state index in [1.54, 1.807) is 32.9 Å². The van der Waals surface area contributed by atoms with Gasteiger partial charge in [0.25, 0.3) is 0 Å². The van der Waals surface area contributed by atoms with Crippen LogP contribution in [0.5, 0.6) is 0 Å². The van der Waals surface area contributed by atoms with Gasteiger partial charge in [-0.2, -0.15) is 0 Å². The van der Waals surface area contributed by atoms with E-state index in [-0.39, 0.29) is 12.5 Å². The Balaban J connectivity index is 2.54. The first-order valence-electron chi connectivity index (χ1n) is 6.15. The second-order valence-corrected chi connectivity index (χ2v) is 5.75. The maximum Gasteiger partial charge on any atom is 0.407 e. The first-order valence-corrected chi connectivity index (χ1v) is 6.53. The number of hydrogen-bond acceptors (Lipinski definition) is 3. The highest BCUT2D eigenvalue weighted by Gasteiger charge is 2.17. The zero-order valence-electron chi connectivity index (χ0n) is 11.4. The summed E-state index contributed by atoms with van der Waals surface area (Å²) >= 11 is 5.81. The van der Waals surface area contributed by atoms with Crippen molar-refractivity contribution in [2.24, 2.45) is 0 Å². The molecule has 0 aromatic heterocycles. The number of aliphatic hydroxyl groups excluding tert-OH is 1. The lowest BCUT2D eigenvalue weighted by atomic mass is 10.0. The van der Waals surface area contributed by atoms with Crippen molar-refractivity contribution in [2.75, 3.05) is 13.2 Å². The SMILES string of the molecule is CC(C)(C)OC(=O)NCC(CO)c1ccc(Cl)cc1. The molecule has 5 heteroatoms. The van der Waals surface area contributed by atoms with Gasteiger partial charge in [-0.1, -0.05) is 23.7 Å². The van der Waals surface area contributed by atoms with Crippen molar-refractivity contribution in [2.45, 2.75) is 32.3 Å². The summed E-state index contributed by atoms with van der Waals surface area (Å²) in [6.45, 7) is 5.66. The number of amides is 1. The number of aliphatic hydroxyl groups is 1. The van der Waals surface area contributed by atoms with Gasteiger partial charge in [-0.3, -0.25) is 0 Å². The fourth-order valence-electron chi connectivity index (χ4n) is 1.54. The summed E-state index contributed by atoms with van der Waals surface area (Å²) in [4.78, 5) is 11.5. The maximum atomic E-state index is 11.5. The molecule has 0 aliphatic carbocycles. The first kappa shape index (κ1) is 15.8. The number of rotatable bonds is 4. The van der Waals surface area contributed by atoms with Crippen molar-refractivity contribution in [3.8, 4) is 0 Å². The minimum atomic E-state index is -0.529. The minimum Gasteiger partial charge on any atom is -0.444 e. The van der Waals surface area contributed by atoms with E-state index < -0.39 is 11.7 Å². The van der Waals surface area contributed by atoms with Gasteiger partial charge in [0.05, 0.1) is 6.61 Å². The molecule has 106 valence electrons. The summed E-state index contributed by atoms with van der Waals surface area (Å²) in [6.07, 6.45) is -0.486. The molecule has 0 saturated heterocycles. The zero-order valence-corrected chi connectivity index (χ0v) is 12.2. The Bertz CT molecular complexity index is 412. The van der Waals surface area contributed by atoms with Crippen LogP contribution in [0.1, 0.15) is 32.3 Å². The van der Waals surface area contributed by atoms with Gasteiger partial charge in [0.15, 0.2) is 0 Å². The van der Waals surface area contributed by atoms with Crippen LogP contribution in [0.25, 0.3) is 0 Å². The molecule has 1 atom stereocenters. The molecule has 0 radical (unpaired) electrons. The highest BCUT2D eigenvalue weighted by atomic mass is 35.5. The Morgan fingerprint density at radius 3 is 2.42 bits per heavy atom. The summed E-state index contributed by atoms with van der Waals surface area (Å²) in [6, 6.07) is 7.18. The predicted octanol–water partition coefficient (Wildman–Crippen LogP) is 2.94. The van der Waals surface area contributed by atoms with Gasteiger partial charge in [-0.05, 0) is 38.5 Å². The molecular formula is C14H20ClNO3. The third-order valence-corrected chi connectivity index (χ3v) is 2.71. The van der Waals surface area contributed by atoms with Gasteiger partial charge >= 0.3 is 6.09 Å². The smallest absolute Gasteiger partial charge is 0.407 e. The number of carbonyl (C=O) groups excluding carboxylic acids is 1. The molecule has 0 bridgehead atoms. The van der Waals surface area contributed by atoms with Crippen LogP contribution in [0.3, 0.4) is 0 Å². The Morgan fingerprint density at radius 1 is 1.37 bits per heavy atom. The lowest BCUT2D eigenvalue weighted by molar-refractivity contribution is 0.0521. The van der Waals surface area contributed by atoms with Crippen molar-refractivity contribution >= 4 is 17.7 Å². The van der Waals surface area contributed by atoms with Crippen molar-refractivity contribution in [1.29, 1.82) is 0 Å². The monoisotopic (exact) mass is 285 g/mol. The Kier molecular flexibility index (Phi) is 5.63. The largest absolute Gasteiger partial charge is 0.444 e. The Labute approximate surface area is 118 Å². The molecule has 0 aliphatic heterocycles. The summed E-state index contributed by atoms with van der Waals surface area (Å²) in [5.41, 5.74) is 0.391. The molecule has 1 aromatic carbocycles. The molecule has 1 unspecified atom stereocenters. The highest BCUT2D eigenvalue weighted by molar-refractivity contribution is 6.30. The molecule has 2 N–H and O–H groups in total. The molecule has 4 nitrogen and oxygen atoms in total. The van der Waals surface area contributed by atoms with Crippen LogP contribution in [0, 0.1) is 0 Å². The average Bonchev–Trinajstić information content (AvgIpc) is 2.29. The lowest BCUT2D eigenvalue weighted by Crippen LogP contribution is -2.35. The van der Waals surface area contributed by atoms with E-state index in [4.69, 9.17) is 16.3 Å². The first-order chi connectivity index (χ1) is 8.81. The lowest BCUT2D eigenvalue weighted by Gasteiger charge is -2.21. The second-order valence-electron chi connectivity index (χ2n) is 5.31. The highest BCUT2D eigenvalue weighted by Crippen LogP contribution is 2.17. The maximum absolute atomic E-state index is 11.5. The molecule has 0 heterocycles. The van der Waals surface area contributed by atoms with Crippen LogP contribution < -0.4 is 5.32 Å². The van der Waals surface area contributed by atoms with Crippen LogP contribution >= 0.6 is 11.6 Å². The average molecular weight is 286 g/mol. The van der Waals surface area contributed by atoms with E-state index in [9.17, 15) is 9.90 Å². The number of ether oxygens (including phenoxy) is 1. The molecular weight excluding hydrogens is 266 g/mol. The third-order valence-electron chi connectivity index (χ3n) is 2.45. The van der Waals surface area contributed by atoms with Crippen LogP contribution in [-0.2, 0) is 4.74 Å². The van der Waals surface area contributed by atoms with E-state index in [2.05, 4.69) is 5.32 Å². The normalized spacial score (nSPS) is 12.9.